The summed E-state index contributed by atoms with van der Waals surface area (Å²) in [6.07, 6.45) is 5.04. The molecule has 0 heterocycles. The predicted octanol–water partition coefficient (Wildman–Crippen LogP) is 3.58. The summed E-state index contributed by atoms with van der Waals surface area (Å²) in [5.74, 6) is 0.692. The van der Waals surface area contributed by atoms with Crippen LogP contribution in [0.5, 0.6) is 0 Å². The fourth-order valence-corrected chi connectivity index (χ4v) is 2.56. The molecule has 0 aromatic heterocycles. The van der Waals surface area contributed by atoms with Crippen LogP contribution in [-0.2, 0) is 16.5 Å². The first-order valence-corrected chi connectivity index (χ1v) is 8.05. The second-order valence-corrected chi connectivity index (χ2v) is 6.22. The molecule has 0 atom stereocenters. The smallest absolute Gasteiger partial charge is 0.282 e. The number of benzene rings is 1. The Morgan fingerprint density at radius 1 is 1.17 bits per heavy atom. The maximum Gasteiger partial charge on any atom is 0.294 e. The molecule has 18 heavy (non-hydrogen) atoms. The van der Waals surface area contributed by atoms with Crippen LogP contribution in [0.15, 0.2) is 23.1 Å². The van der Waals surface area contributed by atoms with Gasteiger partial charge in [0, 0.05) is 5.88 Å². The van der Waals surface area contributed by atoms with Crippen molar-refractivity contribution in [1.29, 1.82) is 0 Å². The van der Waals surface area contributed by atoms with Gasteiger partial charge in [0.25, 0.3) is 10.1 Å². The minimum Gasteiger partial charge on any atom is -0.282 e. The van der Waals surface area contributed by atoms with Gasteiger partial charge in [0.05, 0.1) is 4.90 Å². The summed E-state index contributed by atoms with van der Waals surface area (Å²) in [4.78, 5) is -0.0242. The predicted molar refractivity (Wildman–Crippen MR) is 73.9 cm³/mol. The van der Waals surface area contributed by atoms with E-state index >= 15 is 0 Å². The van der Waals surface area contributed by atoms with Gasteiger partial charge in [0.2, 0.25) is 0 Å². The van der Waals surface area contributed by atoms with Gasteiger partial charge in [0.1, 0.15) is 0 Å². The van der Waals surface area contributed by atoms with Gasteiger partial charge in [-0.3, -0.25) is 4.55 Å². The Morgan fingerprint density at radius 3 is 2.44 bits per heavy atom. The molecule has 0 bridgehead atoms. The molecule has 0 aliphatic carbocycles. The van der Waals surface area contributed by atoms with Crippen molar-refractivity contribution in [2.45, 2.75) is 43.9 Å². The lowest BCUT2D eigenvalue weighted by Gasteiger charge is -2.07. The maximum atomic E-state index is 11.1. The van der Waals surface area contributed by atoms with Crippen molar-refractivity contribution in [3.63, 3.8) is 0 Å². The minimum absolute atomic E-state index is 0.0242. The normalized spacial score (nSPS) is 11.7. The Labute approximate surface area is 114 Å². The van der Waals surface area contributed by atoms with E-state index in [0.29, 0.717) is 5.88 Å². The van der Waals surface area contributed by atoms with E-state index < -0.39 is 10.1 Å². The number of halogens is 1. The first-order chi connectivity index (χ1) is 8.45. The molecule has 5 heteroatoms. The monoisotopic (exact) mass is 290 g/mol. The highest BCUT2D eigenvalue weighted by molar-refractivity contribution is 7.85. The molecule has 0 amide bonds. The van der Waals surface area contributed by atoms with E-state index in [4.69, 9.17) is 16.2 Å². The van der Waals surface area contributed by atoms with Crippen molar-refractivity contribution in [3.05, 3.63) is 29.3 Å². The number of hydrogen-bond donors (Lipinski definition) is 1. The second kappa shape index (κ2) is 7.12. The average molecular weight is 291 g/mol. The number of rotatable bonds is 7. The molecule has 0 fully saturated rings. The molecule has 0 saturated carbocycles. The molecule has 1 rings (SSSR count). The number of hydrogen-bond acceptors (Lipinski definition) is 2. The molecular weight excluding hydrogens is 272 g/mol. The summed E-state index contributed by atoms with van der Waals surface area (Å²) in [6.45, 7) is 1.95. The zero-order valence-corrected chi connectivity index (χ0v) is 12.1. The molecule has 102 valence electrons. The van der Waals surface area contributed by atoms with E-state index in [1.165, 1.54) is 6.07 Å². The highest BCUT2D eigenvalue weighted by atomic mass is 35.5. The van der Waals surface area contributed by atoms with E-state index in [2.05, 4.69) is 0 Å². The summed E-state index contributed by atoms with van der Waals surface area (Å²) in [5.41, 5.74) is 2.04. The molecule has 1 N–H and O–H groups in total. The van der Waals surface area contributed by atoms with Crippen molar-refractivity contribution in [2.24, 2.45) is 0 Å². The van der Waals surface area contributed by atoms with Gasteiger partial charge in [-0.25, -0.2) is 0 Å². The molecule has 0 aliphatic rings. The van der Waals surface area contributed by atoms with E-state index in [9.17, 15) is 8.42 Å². The van der Waals surface area contributed by atoms with Crippen molar-refractivity contribution < 1.29 is 13.0 Å². The van der Waals surface area contributed by atoms with Gasteiger partial charge < -0.3 is 0 Å². The van der Waals surface area contributed by atoms with Gasteiger partial charge >= 0.3 is 0 Å². The van der Waals surface area contributed by atoms with Gasteiger partial charge in [-0.15, -0.1) is 11.6 Å². The van der Waals surface area contributed by atoms with Crippen LogP contribution in [0.3, 0.4) is 0 Å². The number of aryl methyl sites for hydroxylation is 2. The summed E-state index contributed by atoms with van der Waals surface area (Å²) >= 11 is 5.60. The van der Waals surface area contributed by atoms with Gasteiger partial charge in [-0.2, -0.15) is 8.42 Å². The summed E-state index contributed by atoms with van der Waals surface area (Å²) in [7, 11) is -4.10. The molecule has 0 spiro atoms. The summed E-state index contributed by atoms with van der Waals surface area (Å²) in [6, 6.07) is 4.73. The van der Waals surface area contributed by atoms with E-state index in [1.807, 2.05) is 6.92 Å². The van der Waals surface area contributed by atoms with Crippen molar-refractivity contribution in [1.82, 2.24) is 0 Å². The highest BCUT2D eigenvalue weighted by Gasteiger charge is 2.11. The van der Waals surface area contributed by atoms with Crippen LogP contribution in [0.4, 0.5) is 0 Å². The lowest BCUT2D eigenvalue weighted by atomic mass is 10.0. The lowest BCUT2D eigenvalue weighted by molar-refractivity contribution is 0.483. The number of unbranched alkanes of at least 4 members (excludes halogenated alkanes) is 3. The summed E-state index contributed by atoms with van der Waals surface area (Å²) in [5, 5.41) is 0. The molecular formula is C13H19ClO3S. The third kappa shape index (κ3) is 4.96. The Morgan fingerprint density at radius 2 is 1.83 bits per heavy atom. The fourth-order valence-electron chi connectivity index (χ4n) is 1.84. The zero-order valence-electron chi connectivity index (χ0n) is 10.5. The number of alkyl halides is 1. The molecule has 1 aromatic carbocycles. The van der Waals surface area contributed by atoms with Crippen LogP contribution in [0.2, 0.25) is 0 Å². The fraction of sp³-hybridized carbons (Fsp3) is 0.538. The second-order valence-electron chi connectivity index (χ2n) is 4.42. The molecule has 0 unspecified atom stereocenters. The third-order valence-electron chi connectivity index (χ3n) is 2.95. The van der Waals surface area contributed by atoms with Crippen LogP contribution >= 0.6 is 11.6 Å². The Hall–Kier alpha value is -0.580. The van der Waals surface area contributed by atoms with Crippen LogP contribution in [0, 0.1) is 6.92 Å². The van der Waals surface area contributed by atoms with Gasteiger partial charge in [-0.05, 0) is 49.4 Å². The molecule has 0 aliphatic heterocycles. The van der Waals surface area contributed by atoms with Crippen LogP contribution in [0.25, 0.3) is 0 Å². The van der Waals surface area contributed by atoms with Crippen LogP contribution < -0.4 is 0 Å². The Kier molecular flexibility index (Phi) is 6.12. The first kappa shape index (κ1) is 15.5. The highest BCUT2D eigenvalue weighted by Crippen LogP contribution is 2.18. The van der Waals surface area contributed by atoms with Gasteiger partial charge in [0.15, 0.2) is 0 Å². The van der Waals surface area contributed by atoms with Gasteiger partial charge in [-0.1, -0.05) is 18.9 Å². The van der Waals surface area contributed by atoms with E-state index in [-0.39, 0.29) is 4.90 Å². The zero-order chi connectivity index (χ0) is 13.6. The summed E-state index contributed by atoms with van der Waals surface area (Å²) < 4.78 is 31.1. The first-order valence-electron chi connectivity index (χ1n) is 6.08. The van der Waals surface area contributed by atoms with E-state index in [1.54, 1.807) is 12.1 Å². The molecule has 0 radical (unpaired) electrons. The Balaban J connectivity index is 2.65. The third-order valence-corrected chi connectivity index (χ3v) is 4.07. The average Bonchev–Trinajstić information content (AvgIpc) is 2.29. The minimum atomic E-state index is -4.10. The lowest BCUT2D eigenvalue weighted by Crippen LogP contribution is -2.00. The topological polar surface area (TPSA) is 54.4 Å². The maximum absolute atomic E-state index is 11.1. The van der Waals surface area contributed by atoms with E-state index in [0.717, 1.165) is 43.2 Å². The molecule has 1 aromatic rings. The molecule has 3 nitrogen and oxygen atoms in total. The quantitative estimate of drug-likeness (QED) is 0.474. The van der Waals surface area contributed by atoms with Crippen molar-refractivity contribution >= 4 is 21.7 Å². The molecule has 0 saturated heterocycles. The van der Waals surface area contributed by atoms with Crippen LogP contribution in [0.1, 0.15) is 36.8 Å². The Bertz CT molecular complexity index is 483. The largest absolute Gasteiger partial charge is 0.294 e. The van der Waals surface area contributed by atoms with Crippen molar-refractivity contribution in [3.8, 4) is 0 Å². The SMILES string of the molecule is Cc1ccc(S(=O)(=O)O)cc1CCCCCCCl. The standard InChI is InChI=1S/C13H19ClO3S/c1-11-7-8-13(18(15,16)17)10-12(11)6-4-2-3-5-9-14/h7-8,10H,2-6,9H2,1H3,(H,15,16,17). The van der Waals surface area contributed by atoms with Crippen LogP contribution in [-0.4, -0.2) is 18.9 Å². The van der Waals surface area contributed by atoms with Crippen molar-refractivity contribution in [2.75, 3.05) is 5.88 Å².